The monoisotopic (exact) mass is 384 g/mol. The van der Waals surface area contributed by atoms with Crippen LogP contribution in [0.25, 0.3) is 10.2 Å². The number of morpholine rings is 1. The van der Waals surface area contributed by atoms with Crippen LogP contribution in [0.2, 0.25) is 0 Å². The topological polar surface area (TPSA) is 70.2 Å². The van der Waals surface area contributed by atoms with Crippen LogP contribution in [0.5, 0.6) is 0 Å². The Labute approximate surface area is 162 Å². The first-order valence-electron chi connectivity index (χ1n) is 9.23. The summed E-state index contributed by atoms with van der Waals surface area (Å²) >= 11 is 1.74. The number of nitrogens with zero attached hydrogens (tertiary/aromatic N) is 2. The summed E-state index contributed by atoms with van der Waals surface area (Å²) in [6, 6.07) is 5.71. The maximum atomic E-state index is 12.7. The third-order valence-electron chi connectivity index (χ3n) is 5.03. The van der Waals surface area contributed by atoms with Crippen molar-refractivity contribution in [1.29, 1.82) is 0 Å². The summed E-state index contributed by atoms with van der Waals surface area (Å²) in [6.45, 7) is 8.49. The molecule has 3 aromatic heterocycles. The van der Waals surface area contributed by atoms with E-state index in [0.29, 0.717) is 5.69 Å². The van der Waals surface area contributed by atoms with Gasteiger partial charge in [0, 0.05) is 42.5 Å². The number of thiophene rings is 1. The van der Waals surface area contributed by atoms with Crippen molar-refractivity contribution in [2.45, 2.75) is 26.4 Å². The standard InChI is InChI=1S/C20H24N4O2S/c1-13(15-4-3-5-21-11-15)22-20(25)17-10-18-19(23-17)16(14(2)27-18)12-24-6-8-26-9-7-24/h3-5,10-11,13,23H,6-9,12H2,1-2H3,(H,22,25). The average molecular weight is 385 g/mol. The van der Waals surface area contributed by atoms with Gasteiger partial charge in [0.1, 0.15) is 5.69 Å². The van der Waals surface area contributed by atoms with E-state index in [4.69, 9.17) is 4.74 Å². The van der Waals surface area contributed by atoms with Gasteiger partial charge in [-0.05, 0) is 31.5 Å². The maximum absolute atomic E-state index is 12.7. The Morgan fingerprint density at radius 3 is 3.00 bits per heavy atom. The van der Waals surface area contributed by atoms with Gasteiger partial charge in [-0.15, -0.1) is 11.3 Å². The molecule has 3 aromatic rings. The SMILES string of the molecule is Cc1sc2cc(C(=O)NC(C)c3cccnc3)[nH]c2c1CN1CCOCC1. The molecule has 1 saturated heterocycles. The third kappa shape index (κ3) is 3.90. The smallest absolute Gasteiger partial charge is 0.268 e. The lowest BCUT2D eigenvalue weighted by Crippen LogP contribution is -2.35. The lowest BCUT2D eigenvalue weighted by molar-refractivity contribution is 0.0343. The van der Waals surface area contributed by atoms with Gasteiger partial charge in [0.15, 0.2) is 0 Å². The molecule has 4 rings (SSSR count). The quantitative estimate of drug-likeness (QED) is 0.708. The largest absolute Gasteiger partial charge is 0.379 e. The number of fused-ring (bicyclic) bond motifs is 1. The van der Waals surface area contributed by atoms with E-state index in [0.717, 1.165) is 48.6 Å². The van der Waals surface area contributed by atoms with Gasteiger partial charge in [-0.3, -0.25) is 14.7 Å². The van der Waals surface area contributed by atoms with Crippen LogP contribution in [0.15, 0.2) is 30.6 Å². The van der Waals surface area contributed by atoms with Gasteiger partial charge in [0.25, 0.3) is 5.91 Å². The Morgan fingerprint density at radius 2 is 2.26 bits per heavy atom. The fourth-order valence-electron chi connectivity index (χ4n) is 3.43. The zero-order valence-corrected chi connectivity index (χ0v) is 16.4. The number of carbonyl (C=O) groups excluding carboxylic acids is 1. The van der Waals surface area contributed by atoms with Crippen molar-refractivity contribution in [3.8, 4) is 0 Å². The highest BCUT2D eigenvalue weighted by Gasteiger charge is 2.20. The van der Waals surface area contributed by atoms with Gasteiger partial charge in [-0.1, -0.05) is 6.07 Å². The lowest BCUT2D eigenvalue weighted by Gasteiger charge is -2.26. The van der Waals surface area contributed by atoms with Gasteiger partial charge in [-0.25, -0.2) is 0 Å². The summed E-state index contributed by atoms with van der Waals surface area (Å²) in [4.78, 5) is 23.9. The molecule has 1 aliphatic rings. The predicted octanol–water partition coefficient (Wildman–Crippen LogP) is 3.26. The molecule has 7 heteroatoms. The molecule has 1 fully saturated rings. The second kappa shape index (κ2) is 7.80. The highest BCUT2D eigenvalue weighted by Crippen LogP contribution is 2.32. The van der Waals surface area contributed by atoms with E-state index in [2.05, 4.69) is 27.1 Å². The Balaban J connectivity index is 1.52. The number of ether oxygens (including phenoxy) is 1. The maximum Gasteiger partial charge on any atom is 0.268 e. The summed E-state index contributed by atoms with van der Waals surface area (Å²) in [6.07, 6.45) is 3.51. The van der Waals surface area contributed by atoms with Crippen LogP contribution in [0.3, 0.4) is 0 Å². The molecule has 27 heavy (non-hydrogen) atoms. The van der Waals surface area contributed by atoms with Crippen LogP contribution >= 0.6 is 11.3 Å². The number of pyridine rings is 1. The molecule has 0 bridgehead atoms. The number of H-pyrrole nitrogens is 1. The van der Waals surface area contributed by atoms with Gasteiger partial charge >= 0.3 is 0 Å². The van der Waals surface area contributed by atoms with Crippen LogP contribution in [0, 0.1) is 6.92 Å². The number of aryl methyl sites for hydroxylation is 1. The molecule has 0 spiro atoms. The number of aromatic amines is 1. The fourth-order valence-corrected chi connectivity index (χ4v) is 4.50. The first-order valence-corrected chi connectivity index (χ1v) is 10.1. The van der Waals surface area contributed by atoms with Crippen molar-refractivity contribution < 1.29 is 9.53 Å². The van der Waals surface area contributed by atoms with Gasteiger partial charge in [0.2, 0.25) is 0 Å². The van der Waals surface area contributed by atoms with Gasteiger partial charge < -0.3 is 15.0 Å². The van der Waals surface area contributed by atoms with Crippen LogP contribution < -0.4 is 5.32 Å². The van der Waals surface area contributed by atoms with E-state index in [1.807, 2.05) is 25.1 Å². The molecule has 1 atom stereocenters. The zero-order chi connectivity index (χ0) is 18.8. The lowest BCUT2D eigenvalue weighted by atomic mass is 10.1. The molecule has 0 aliphatic carbocycles. The molecule has 4 heterocycles. The Bertz CT molecular complexity index is 928. The average Bonchev–Trinajstić information content (AvgIpc) is 3.22. The molecule has 0 saturated carbocycles. The number of amides is 1. The Morgan fingerprint density at radius 1 is 1.44 bits per heavy atom. The molecular weight excluding hydrogens is 360 g/mol. The van der Waals surface area contributed by atoms with Crippen molar-refractivity contribution in [3.05, 3.63) is 52.3 Å². The highest BCUT2D eigenvalue weighted by atomic mass is 32.1. The number of aromatic nitrogens is 2. The van der Waals surface area contributed by atoms with Gasteiger partial charge in [-0.2, -0.15) is 0 Å². The van der Waals surface area contributed by atoms with Crippen LogP contribution in [0.1, 0.15) is 39.5 Å². The number of carbonyl (C=O) groups is 1. The van der Waals surface area contributed by atoms with Gasteiger partial charge in [0.05, 0.1) is 29.5 Å². The zero-order valence-electron chi connectivity index (χ0n) is 15.6. The molecule has 1 aliphatic heterocycles. The molecule has 0 radical (unpaired) electrons. The van der Waals surface area contributed by atoms with Crippen molar-refractivity contribution in [2.75, 3.05) is 26.3 Å². The summed E-state index contributed by atoms with van der Waals surface area (Å²) in [5, 5.41) is 3.05. The van der Waals surface area contributed by atoms with E-state index in [-0.39, 0.29) is 11.9 Å². The minimum atomic E-state index is -0.0953. The van der Waals surface area contributed by atoms with Crippen molar-refractivity contribution in [1.82, 2.24) is 20.2 Å². The Kier molecular flexibility index (Phi) is 5.24. The van der Waals surface area contributed by atoms with Crippen molar-refractivity contribution in [3.63, 3.8) is 0 Å². The second-order valence-electron chi connectivity index (χ2n) is 6.93. The number of hydrogen-bond donors (Lipinski definition) is 2. The normalized spacial score (nSPS) is 16.5. The van der Waals surface area contributed by atoms with Crippen molar-refractivity contribution in [2.24, 2.45) is 0 Å². The molecule has 6 nitrogen and oxygen atoms in total. The van der Waals surface area contributed by atoms with E-state index in [1.165, 1.54) is 10.4 Å². The van der Waals surface area contributed by atoms with E-state index in [1.54, 1.807) is 23.7 Å². The highest BCUT2D eigenvalue weighted by molar-refractivity contribution is 7.19. The van der Waals surface area contributed by atoms with Crippen molar-refractivity contribution >= 4 is 27.5 Å². The Hall–Kier alpha value is -2.22. The first-order chi connectivity index (χ1) is 13.1. The molecular formula is C20H24N4O2S. The molecule has 142 valence electrons. The van der Waals surface area contributed by atoms with Crippen LogP contribution in [-0.4, -0.2) is 47.1 Å². The van der Waals surface area contributed by atoms with Crippen LogP contribution in [0.4, 0.5) is 0 Å². The minimum absolute atomic E-state index is 0.0928. The first kappa shape index (κ1) is 18.2. The summed E-state index contributed by atoms with van der Waals surface area (Å²) in [5.74, 6) is -0.0928. The van der Waals surface area contributed by atoms with E-state index in [9.17, 15) is 4.79 Å². The number of rotatable bonds is 5. The third-order valence-corrected chi connectivity index (χ3v) is 6.13. The minimum Gasteiger partial charge on any atom is -0.379 e. The number of hydrogen-bond acceptors (Lipinski definition) is 5. The summed E-state index contributed by atoms with van der Waals surface area (Å²) < 4.78 is 6.58. The van der Waals surface area contributed by atoms with Crippen LogP contribution in [-0.2, 0) is 11.3 Å². The predicted molar refractivity (Wildman–Crippen MR) is 107 cm³/mol. The van der Waals surface area contributed by atoms with E-state index >= 15 is 0 Å². The van der Waals surface area contributed by atoms with E-state index < -0.39 is 0 Å². The number of nitrogens with one attached hydrogen (secondary N) is 2. The second-order valence-corrected chi connectivity index (χ2v) is 8.19. The molecule has 0 aromatic carbocycles. The fraction of sp³-hybridized carbons (Fsp3) is 0.400. The summed E-state index contributed by atoms with van der Waals surface area (Å²) in [7, 11) is 0. The molecule has 2 N–H and O–H groups in total. The summed E-state index contributed by atoms with van der Waals surface area (Å²) in [5.41, 5.74) is 3.97. The molecule has 1 amide bonds. The molecule has 1 unspecified atom stereocenters.